The predicted octanol–water partition coefficient (Wildman–Crippen LogP) is 3.55. The smallest absolute Gasteiger partial charge is 0.410 e. The molecule has 0 N–H and O–H groups in total. The van der Waals surface area contributed by atoms with Gasteiger partial charge < -0.3 is 14.1 Å². The molecule has 140 valence electrons. The highest BCUT2D eigenvalue weighted by molar-refractivity contribution is 9.10. The van der Waals surface area contributed by atoms with Crippen LogP contribution in [0, 0.1) is 0 Å². The molecule has 1 amide bonds. The van der Waals surface area contributed by atoms with Gasteiger partial charge in [-0.3, -0.25) is 4.90 Å². The Bertz CT molecular complexity index is 764. The van der Waals surface area contributed by atoms with Gasteiger partial charge in [-0.25, -0.2) is 4.79 Å². The van der Waals surface area contributed by atoms with Crippen molar-refractivity contribution in [3.63, 3.8) is 0 Å². The van der Waals surface area contributed by atoms with Gasteiger partial charge in [0.2, 0.25) is 11.8 Å². The van der Waals surface area contributed by atoms with E-state index in [-0.39, 0.29) is 6.09 Å². The second-order valence-corrected chi connectivity index (χ2v) is 8.17. The van der Waals surface area contributed by atoms with E-state index in [0.29, 0.717) is 31.4 Å². The van der Waals surface area contributed by atoms with Crippen LogP contribution in [-0.4, -0.2) is 57.9 Å². The van der Waals surface area contributed by atoms with E-state index in [1.165, 1.54) is 0 Å². The summed E-state index contributed by atoms with van der Waals surface area (Å²) in [4.78, 5) is 16.0. The van der Waals surface area contributed by atoms with Crippen LogP contribution in [0.1, 0.15) is 26.7 Å². The van der Waals surface area contributed by atoms with E-state index in [1.54, 1.807) is 4.90 Å². The van der Waals surface area contributed by atoms with Crippen molar-refractivity contribution in [3.05, 3.63) is 34.6 Å². The molecule has 0 aliphatic carbocycles. The molecule has 0 atom stereocenters. The van der Waals surface area contributed by atoms with E-state index in [9.17, 15) is 4.79 Å². The maximum atomic E-state index is 12.1. The first kappa shape index (κ1) is 18.8. The quantitative estimate of drug-likeness (QED) is 0.752. The number of aromatic nitrogens is 2. The minimum absolute atomic E-state index is 0.258. The summed E-state index contributed by atoms with van der Waals surface area (Å²) in [5.74, 6) is 1.08. The molecular formula is C18H23BrN4O3. The summed E-state index contributed by atoms with van der Waals surface area (Å²) in [6.07, 6.45) is -0.258. The molecule has 1 fully saturated rings. The summed E-state index contributed by atoms with van der Waals surface area (Å²) in [6.45, 7) is 8.94. The number of amides is 1. The third kappa shape index (κ3) is 5.04. The first-order chi connectivity index (χ1) is 12.3. The number of benzene rings is 1. The molecule has 0 unspecified atom stereocenters. The van der Waals surface area contributed by atoms with Crippen molar-refractivity contribution in [2.75, 3.05) is 26.2 Å². The average Bonchev–Trinajstić information content (AvgIpc) is 3.02. The van der Waals surface area contributed by atoms with E-state index in [0.717, 1.165) is 23.1 Å². The van der Waals surface area contributed by atoms with Gasteiger partial charge in [-0.2, -0.15) is 0 Å². The normalized spacial score (nSPS) is 15.9. The number of hydrogen-bond donors (Lipinski definition) is 0. The molecule has 7 nitrogen and oxygen atoms in total. The highest BCUT2D eigenvalue weighted by atomic mass is 79.9. The first-order valence-electron chi connectivity index (χ1n) is 8.59. The summed E-state index contributed by atoms with van der Waals surface area (Å²) in [7, 11) is 0. The lowest BCUT2D eigenvalue weighted by molar-refractivity contribution is 0.0133. The van der Waals surface area contributed by atoms with Crippen molar-refractivity contribution in [2.45, 2.75) is 32.9 Å². The van der Waals surface area contributed by atoms with Crippen LogP contribution < -0.4 is 0 Å². The number of nitrogens with zero attached hydrogens (tertiary/aromatic N) is 4. The second kappa shape index (κ2) is 7.75. The maximum Gasteiger partial charge on any atom is 0.410 e. The number of ether oxygens (including phenoxy) is 1. The Kier molecular flexibility index (Phi) is 5.62. The van der Waals surface area contributed by atoms with Gasteiger partial charge in [0.1, 0.15) is 5.60 Å². The van der Waals surface area contributed by atoms with Crippen molar-refractivity contribution in [1.29, 1.82) is 0 Å². The van der Waals surface area contributed by atoms with Crippen molar-refractivity contribution >= 4 is 22.0 Å². The lowest BCUT2D eigenvalue weighted by Gasteiger charge is -2.34. The standard InChI is InChI=1S/C18H23BrN4O3/c1-18(2,3)26-17(24)23-9-7-22(8-10-23)12-15-20-21-16(25-15)13-5-4-6-14(19)11-13/h4-6,11H,7-10,12H2,1-3H3. The van der Waals surface area contributed by atoms with Gasteiger partial charge >= 0.3 is 6.09 Å². The molecule has 2 aromatic rings. The number of halogens is 1. The molecule has 1 aromatic carbocycles. The van der Waals surface area contributed by atoms with Gasteiger partial charge in [0.25, 0.3) is 0 Å². The van der Waals surface area contributed by atoms with Gasteiger partial charge in [-0.1, -0.05) is 22.0 Å². The molecule has 0 radical (unpaired) electrons. The molecule has 3 rings (SSSR count). The summed E-state index contributed by atoms with van der Waals surface area (Å²) < 4.78 is 12.2. The van der Waals surface area contributed by atoms with Crippen LogP contribution in [0.15, 0.2) is 33.2 Å². The van der Waals surface area contributed by atoms with Crippen molar-refractivity contribution in [3.8, 4) is 11.5 Å². The molecule has 1 aliphatic rings. The molecule has 0 saturated carbocycles. The maximum absolute atomic E-state index is 12.1. The van der Waals surface area contributed by atoms with Crippen molar-refractivity contribution in [2.24, 2.45) is 0 Å². The molecule has 2 heterocycles. The van der Waals surface area contributed by atoms with E-state index in [4.69, 9.17) is 9.15 Å². The Labute approximate surface area is 161 Å². The molecule has 0 spiro atoms. The second-order valence-electron chi connectivity index (χ2n) is 7.25. The van der Waals surface area contributed by atoms with Crippen LogP contribution in [0.3, 0.4) is 0 Å². The van der Waals surface area contributed by atoms with Crippen LogP contribution in [0.5, 0.6) is 0 Å². The Morgan fingerprint density at radius 1 is 1.23 bits per heavy atom. The molecule has 1 aromatic heterocycles. The van der Waals surface area contributed by atoms with Crippen LogP contribution in [0.25, 0.3) is 11.5 Å². The molecule has 0 bridgehead atoms. The molecule has 26 heavy (non-hydrogen) atoms. The monoisotopic (exact) mass is 422 g/mol. The largest absolute Gasteiger partial charge is 0.444 e. The third-order valence-corrected chi connectivity index (χ3v) is 4.41. The number of piperazine rings is 1. The predicted molar refractivity (Wildman–Crippen MR) is 101 cm³/mol. The number of rotatable bonds is 3. The highest BCUT2D eigenvalue weighted by Crippen LogP contribution is 2.22. The Morgan fingerprint density at radius 2 is 1.96 bits per heavy atom. The average molecular weight is 423 g/mol. The van der Waals surface area contributed by atoms with Crippen LogP contribution in [0.4, 0.5) is 4.79 Å². The minimum Gasteiger partial charge on any atom is -0.444 e. The van der Waals surface area contributed by atoms with Gasteiger partial charge in [0.05, 0.1) is 6.54 Å². The molecule has 8 heteroatoms. The zero-order valence-corrected chi connectivity index (χ0v) is 16.8. The number of carbonyl (C=O) groups excluding carboxylic acids is 1. The van der Waals surface area contributed by atoms with Gasteiger partial charge in [0.15, 0.2) is 0 Å². The summed E-state index contributed by atoms with van der Waals surface area (Å²) >= 11 is 3.44. The Balaban J connectivity index is 1.53. The summed E-state index contributed by atoms with van der Waals surface area (Å²) in [5, 5.41) is 8.27. The zero-order valence-electron chi connectivity index (χ0n) is 15.2. The number of carbonyl (C=O) groups is 1. The van der Waals surface area contributed by atoms with Crippen molar-refractivity contribution in [1.82, 2.24) is 20.0 Å². The lowest BCUT2D eigenvalue weighted by Crippen LogP contribution is -2.49. The fourth-order valence-electron chi connectivity index (χ4n) is 2.66. The third-order valence-electron chi connectivity index (χ3n) is 3.92. The van der Waals surface area contributed by atoms with Crippen LogP contribution in [-0.2, 0) is 11.3 Å². The van der Waals surface area contributed by atoms with Crippen LogP contribution >= 0.6 is 15.9 Å². The lowest BCUT2D eigenvalue weighted by atomic mass is 10.2. The zero-order chi connectivity index (χ0) is 18.7. The molecule has 1 saturated heterocycles. The Morgan fingerprint density at radius 3 is 2.62 bits per heavy atom. The fourth-order valence-corrected chi connectivity index (χ4v) is 3.06. The van der Waals surface area contributed by atoms with Gasteiger partial charge in [-0.15, -0.1) is 10.2 Å². The minimum atomic E-state index is -0.471. The van der Waals surface area contributed by atoms with Crippen LogP contribution in [0.2, 0.25) is 0 Å². The van der Waals surface area contributed by atoms with Gasteiger partial charge in [-0.05, 0) is 39.0 Å². The Hall–Kier alpha value is -1.93. The number of hydrogen-bond acceptors (Lipinski definition) is 6. The van der Waals surface area contributed by atoms with E-state index in [1.807, 2.05) is 45.0 Å². The molecular weight excluding hydrogens is 400 g/mol. The van der Waals surface area contributed by atoms with E-state index in [2.05, 4.69) is 31.0 Å². The summed E-state index contributed by atoms with van der Waals surface area (Å²) in [5.41, 5.74) is 0.411. The van der Waals surface area contributed by atoms with Crippen molar-refractivity contribution < 1.29 is 13.9 Å². The van der Waals surface area contributed by atoms with E-state index >= 15 is 0 Å². The first-order valence-corrected chi connectivity index (χ1v) is 9.38. The topological polar surface area (TPSA) is 71.7 Å². The fraction of sp³-hybridized carbons (Fsp3) is 0.500. The SMILES string of the molecule is CC(C)(C)OC(=O)N1CCN(Cc2nnc(-c3cccc(Br)c3)o2)CC1. The van der Waals surface area contributed by atoms with E-state index < -0.39 is 5.60 Å². The van der Waals surface area contributed by atoms with Gasteiger partial charge in [0, 0.05) is 36.2 Å². The summed E-state index contributed by atoms with van der Waals surface area (Å²) in [6, 6.07) is 7.75. The molecule has 1 aliphatic heterocycles. The highest BCUT2D eigenvalue weighted by Gasteiger charge is 2.26.